The van der Waals surface area contributed by atoms with E-state index in [1.54, 1.807) is 28.4 Å². The molecule has 1 aliphatic heterocycles. The number of quaternary nitrogens is 1. The minimum atomic E-state index is -0.400. The summed E-state index contributed by atoms with van der Waals surface area (Å²) in [6.07, 6.45) is 1.10. The number of benzene rings is 2. The summed E-state index contributed by atoms with van der Waals surface area (Å²) in [4.78, 5) is 0. The van der Waals surface area contributed by atoms with Crippen LogP contribution in [-0.4, -0.2) is 51.8 Å². The predicted molar refractivity (Wildman–Crippen MR) is 104 cm³/mol. The average Bonchev–Trinajstić information content (AvgIpc) is 2.69. The van der Waals surface area contributed by atoms with Crippen LogP contribution in [0.25, 0.3) is 11.1 Å². The van der Waals surface area contributed by atoms with Crippen LogP contribution in [0, 0.1) is 5.21 Å². The van der Waals surface area contributed by atoms with E-state index in [4.69, 9.17) is 18.9 Å². The van der Waals surface area contributed by atoms with Crippen LogP contribution in [0.5, 0.6) is 28.7 Å². The van der Waals surface area contributed by atoms with Crippen LogP contribution in [0.4, 0.5) is 0 Å². The lowest BCUT2D eigenvalue weighted by Crippen LogP contribution is -2.48. The maximum atomic E-state index is 13.3. The number of methoxy groups -OCH3 is 4. The van der Waals surface area contributed by atoms with Crippen molar-refractivity contribution in [1.29, 1.82) is 0 Å². The number of rotatable bonds is 4. The first-order chi connectivity index (χ1) is 13.4. The van der Waals surface area contributed by atoms with E-state index in [1.165, 1.54) is 7.11 Å². The Morgan fingerprint density at radius 2 is 1.64 bits per heavy atom. The fourth-order valence-electron chi connectivity index (χ4n) is 4.64. The number of nitrogens with zero attached hydrogens (tertiary/aromatic N) is 1. The molecule has 0 radical (unpaired) electrons. The molecule has 150 valence electrons. The number of phenols is 1. The SMILES string of the molecule is COc1cc2c(cc1OC)-c1c(O)c(OC)c(OC)c3c1[C@@H](C2)[N+](C)([O-])CC3. The summed E-state index contributed by atoms with van der Waals surface area (Å²) in [5.41, 5.74) is 4.17. The molecule has 7 heteroatoms. The molecule has 2 atom stereocenters. The molecule has 0 bridgehead atoms. The van der Waals surface area contributed by atoms with E-state index in [-0.39, 0.29) is 11.8 Å². The van der Waals surface area contributed by atoms with Crippen LogP contribution in [0.15, 0.2) is 12.1 Å². The minimum absolute atomic E-state index is 0.0156. The summed E-state index contributed by atoms with van der Waals surface area (Å²) < 4.78 is 21.6. The van der Waals surface area contributed by atoms with E-state index in [9.17, 15) is 10.3 Å². The Hall–Kier alpha value is -2.64. The number of fused-ring (bicyclic) bond motifs is 2. The van der Waals surface area contributed by atoms with Gasteiger partial charge < -0.3 is 33.9 Å². The van der Waals surface area contributed by atoms with Gasteiger partial charge in [0.2, 0.25) is 5.75 Å². The zero-order chi connectivity index (χ0) is 20.2. The van der Waals surface area contributed by atoms with Crippen LogP contribution in [-0.2, 0) is 12.8 Å². The van der Waals surface area contributed by atoms with Gasteiger partial charge in [-0.25, -0.2) is 0 Å². The van der Waals surface area contributed by atoms with Crippen molar-refractivity contribution in [2.24, 2.45) is 0 Å². The molecule has 4 rings (SSSR count). The fraction of sp³-hybridized carbons (Fsp3) is 0.429. The Bertz CT molecular complexity index is 953. The highest BCUT2D eigenvalue weighted by Crippen LogP contribution is 2.58. The van der Waals surface area contributed by atoms with Crippen molar-refractivity contribution < 1.29 is 28.7 Å². The summed E-state index contributed by atoms with van der Waals surface area (Å²) in [6.45, 7) is 0.435. The molecule has 0 amide bonds. The van der Waals surface area contributed by atoms with Gasteiger partial charge in [0.15, 0.2) is 23.0 Å². The van der Waals surface area contributed by atoms with Crippen molar-refractivity contribution in [3.63, 3.8) is 0 Å². The van der Waals surface area contributed by atoms with Crippen molar-refractivity contribution in [2.45, 2.75) is 18.9 Å². The van der Waals surface area contributed by atoms with E-state index < -0.39 is 4.65 Å². The first-order valence-electron chi connectivity index (χ1n) is 9.19. The largest absolute Gasteiger partial charge is 0.633 e. The topological polar surface area (TPSA) is 80.2 Å². The fourth-order valence-corrected chi connectivity index (χ4v) is 4.64. The first kappa shape index (κ1) is 18.7. The van der Waals surface area contributed by atoms with Crippen LogP contribution >= 0.6 is 0 Å². The summed E-state index contributed by atoms with van der Waals surface area (Å²) in [6, 6.07) is 3.41. The Labute approximate surface area is 164 Å². The first-order valence-corrected chi connectivity index (χ1v) is 9.19. The smallest absolute Gasteiger partial charge is 0.204 e. The normalized spacial score (nSPS) is 22.1. The molecule has 0 aromatic heterocycles. The van der Waals surface area contributed by atoms with Gasteiger partial charge in [-0.05, 0) is 23.3 Å². The molecule has 2 aromatic carbocycles. The lowest BCUT2D eigenvalue weighted by Gasteiger charge is -2.51. The number of hydroxylamine groups is 3. The second-order valence-electron chi connectivity index (χ2n) is 7.41. The van der Waals surface area contributed by atoms with Gasteiger partial charge in [-0.15, -0.1) is 0 Å². The van der Waals surface area contributed by atoms with Gasteiger partial charge in [-0.2, -0.15) is 0 Å². The maximum Gasteiger partial charge on any atom is 0.204 e. The molecule has 7 nitrogen and oxygen atoms in total. The zero-order valence-electron chi connectivity index (χ0n) is 16.8. The number of hydrogen-bond acceptors (Lipinski definition) is 6. The standard InChI is InChI=1S/C21H25NO6/c1-22(24)7-6-12-17-14(22)8-11-9-15(25-2)16(26-3)10-13(11)18(17)19(23)21(28-5)20(12)27-4/h9-10,14,23H,6-8H2,1-5H3/t14-,22?/m1/s1. The third kappa shape index (κ3) is 2.43. The molecular weight excluding hydrogens is 362 g/mol. The molecule has 1 N–H and O–H groups in total. The van der Waals surface area contributed by atoms with Crippen LogP contribution < -0.4 is 18.9 Å². The number of ether oxygens (including phenoxy) is 4. The number of hydrogen-bond donors (Lipinski definition) is 1. The molecule has 28 heavy (non-hydrogen) atoms. The quantitative estimate of drug-likeness (QED) is 0.641. The maximum absolute atomic E-state index is 13.3. The van der Waals surface area contributed by atoms with E-state index >= 15 is 0 Å². The lowest BCUT2D eigenvalue weighted by molar-refractivity contribution is -0.894. The van der Waals surface area contributed by atoms with Crippen LogP contribution in [0.3, 0.4) is 0 Å². The zero-order valence-corrected chi connectivity index (χ0v) is 16.8. The van der Waals surface area contributed by atoms with Gasteiger partial charge in [-0.1, -0.05) is 0 Å². The Kier molecular flexibility index (Phi) is 4.32. The summed E-state index contributed by atoms with van der Waals surface area (Å²) >= 11 is 0. The number of aromatic hydroxyl groups is 1. The number of likely N-dealkylation sites (N-methyl/N-ethyl adjacent to an activating group) is 1. The highest BCUT2D eigenvalue weighted by molar-refractivity contribution is 5.86. The van der Waals surface area contributed by atoms with E-state index in [1.807, 2.05) is 12.1 Å². The summed E-state index contributed by atoms with van der Waals surface area (Å²) in [5.74, 6) is 1.95. The van der Waals surface area contributed by atoms with Gasteiger partial charge in [0.05, 0.1) is 42.0 Å². The molecule has 1 heterocycles. The molecular formula is C21H25NO6. The Morgan fingerprint density at radius 1 is 1.00 bits per heavy atom. The van der Waals surface area contributed by atoms with Gasteiger partial charge in [0.25, 0.3) is 0 Å². The summed E-state index contributed by atoms with van der Waals surface area (Å²) in [5, 5.41) is 24.4. The van der Waals surface area contributed by atoms with Crippen LogP contribution in [0.2, 0.25) is 0 Å². The van der Waals surface area contributed by atoms with E-state index in [0.717, 1.165) is 22.3 Å². The highest BCUT2D eigenvalue weighted by atomic mass is 16.5. The van der Waals surface area contributed by atoms with Gasteiger partial charge in [0.1, 0.15) is 6.04 Å². The Morgan fingerprint density at radius 3 is 2.25 bits per heavy atom. The highest BCUT2D eigenvalue weighted by Gasteiger charge is 2.44. The van der Waals surface area contributed by atoms with E-state index in [0.29, 0.717) is 47.9 Å². The third-order valence-electron chi connectivity index (χ3n) is 6.03. The molecule has 0 fully saturated rings. The van der Waals surface area contributed by atoms with Gasteiger partial charge >= 0.3 is 0 Å². The molecule has 0 spiro atoms. The molecule has 1 unspecified atom stereocenters. The summed E-state index contributed by atoms with van der Waals surface area (Å²) in [7, 11) is 7.91. The van der Waals surface area contributed by atoms with Crippen LogP contribution in [0.1, 0.15) is 22.7 Å². The average molecular weight is 387 g/mol. The van der Waals surface area contributed by atoms with Crippen molar-refractivity contribution >= 4 is 0 Å². The van der Waals surface area contributed by atoms with E-state index in [2.05, 4.69) is 0 Å². The molecule has 2 aliphatic rings. The molecule has 0 saturated heterocycles. The molecule has 2 aromatic rings. The minimum Gasteiger partial charge on any atom is -0.633 e. The van der Waals surface area contributed by atoms with Crippen molar-refractivity contribution in [3.05, 3.63) is 34.0 Å². The second-order valence-corrected chi connectivity index (χ2v) is 7.41. The lowest BCUT2D eigenvalue weighted by atomic mass is 9.75. The Balaban J connectivity index is 2.11. The molecule has 1 aliphatic carbocycles. The second kappa shape index (κ2) is 6.46. The molecule has 0 saturated carbocycles. The predicted octanol–water partition coefficient (Wildman–Crippen LogP) is 3.19. The third-order valence-corrected chi connectivity index (χ3v) is 6.03. The van der Waals surface area contributed by atoms with Gasteiger partial charge in [0, 0.05) is 29.5 Å². The monoisotopic (exact) mass is 387 g/mol. The number of phenolic OH excluding ortho intramolecular Hbond substituents is 1. The van der Waals surface area contributed by atoms with Crippen molar-refractivity contribution in [2.75, 3.05) is 42.0 Å². The van der Waals surface area contributed by atoms with Crippen molar-refractivity contribution in [3.8, 4) is 39.9 Å². The van der Waals surface area contributed by atoms with Gasteiger partial charge in [-0.3, -0.25) is 0 Å². The van der Waals surface area contributed by atoms with Crippen molar-refractivity contribution in [1.82, 2.24) is 0 Å².